The van der Waals surface area contributed by atoms with Gasteiger partial charge in [0.1, 0.15) is 0 Å². The Morgan fingerprint density at radius 2 is 1.91 bits per heavy atom. The molecular weight excluding hydrogens is 280 g/mol. The number of benzene rings is 2. The van der Waals surface area contributed by atoms with E-state index in [9.17, 15) is 9.59 Å². The average molecular weight is 296 g/mol. The molecule has 22 heavy (non-hydrogen) atoms. The molecule has 0 spiro atoms. The Morgan fingerprint density at radius 3 is 2.59 bits per heavy atom. The lowest BCUT2D eigenvalue weighted by atomic mass is 9.98. The van der Waals surface area contributed by atoms with Gasteiger partial charge >= 0.3 is 5.97 Å². The van der Waals surface area contributed by atoms with Crippen molar-refractivity contribution >= 4 is 17.6 Å². The smallest absolute Gasteiger partial charge is 0.335 e. The van der Waals surface area contributed by atoms with Crippen molar-refractivity contribution in [3.05, 3.63) is 64.7 Å². The molecule has 0 saturated heterocycles. The molecule has 0 fully saturated rings. The molecule has 0 aliphatic carbocycles. The first-order valence-corrected chi connectivity index (χ1v) is 7.04. The van der Waals surface area contributed by atoms with Crippen LogP contribution in [-0.4, -0.2) is 28.4 Å². The maximum atomic E-state index is 12.5. The van der Waals surface area contributed by atoms with Crippen LogP contribution in [-0.2, 0) is 13.0 Å². The lowest BCUT2D eigenvalue weighted by Crippen LogP contribution is -2.37. The molecule has 0 atom stereocenters. The van der Waals surface area contributed by atoms with Crippen LogP contribution < -0.4 is 5.73 Å². The van der Waals surface area contributed by atoms with Crippen LogP contribution >= 0.6 is 0 Å². The molecule has 1 aliphatic rings. The standard InChI is InChI=1S/C17H16N2O3/c18-14-6-5-12-7-8-19(16(20)15(12)9-14)10-11-1-3-13(4-2-11)17(21)22/h1-6,9H,7-8,10,18H2,(H,21,22). The number of nitrogens with two attached hydrogens (primary N) is 1. The van der Waals surface area contributed by atoms with E-state index in [1.54, 1.807) is 35.2 Å². The third kappa shape index (κ3) is 2.65. The number of rotatable bonds is 3. The summed E-state index contributed by atoms with van der Waals surface area (Å²) >= 11 is 0. The third-order valence-corrected chi connectivity index (χ3v) is 3.88. The van der Waals surface area contributed by atoms with Crippen molar-refractivity contribution in [1.82, 2.24) is 4.90 Å². The van der Waals surface area contributed by atoms with Crippen LogP contribution in [0.5, 0.6) is 0 Å². The van der Waals surface area contributed by atoms with Gasteiger partial charge in [-0.15, -0.1) is 0 Å². The predicted octanol–water partition coefficient (Wildman–Crippen LogP) is 2.17. The van der Waals surface area contributed by atoms with E-state index in [2.05, 4.69) is 0 Å². The maximum Gasteiger partial charge on any atom is 0.335 e. The van der Waals surface area contributed by atoms with Crippen molar-refractivity contribution in [3.8, 4) is 0 Å². The van der Waals surface area contributed by atoms with Crippen molar-refractivity contribution < 1.29 is 14.7 Å². The van der Waals surface area contributed by atoms with Crippen LogP contribution in [0.3, 0.4) is 0 Å². The van der Waals surface area contributed by atoms with E-state index in [0.717, 1.165) is 17.5 Å². The molecule has 2 aromatic rings. The molecule has 0 bridgehead atoms. The molecule has 5 nitrogen and oxygen atoms in total. The van der Waals surface area contributed by atoms with E-state index in [-0.39, 0.29) is 11.5 Å². The van der Waals surface area contributed by atoms with E-state index in [0.29, 0.717) is 24.3 Å². The van der Waals surface area contributed by atoms with Crippen LogP contribution in [0.4, 0.5) is 5.69 Å². The number of fused-ring (bicyclic) bond motifs is 1. The van der Waals surface area contributed by atoms with Crippen LogP contribution in [0.2, 0.25) is 0 Å². The fourth-order valence-corrected chi connectivity index (χ4v) is 2.66. The number of amides is 1. The summed E-state index contributed by atoms with van der Waals surface area (Å²) in [6, 6.07) is 12.0. The molecule has 3 N–H and O–H groups in total. The van der Waals surface area contributed by atoms with Crippen molar-refractivity contribution in [1.29, 1.82) is 0 Å². The van der Waals surface area contributed by atoms with Gasteiger partial charge < -0.3 is 15.7 Å². The summed E-state index contributed by atoms with van der Waals surface area (Å²) in [5.41, 5.74) is 9.18. The second-order valence-electron chi connectivity index (χ2n) is 5.40. The maximum absolute atomic E-state index is 12.5. The predicted molar refractivity (Wildman–Crippen MR) is 82.7 cm³/mol. The van der Waals surface area contributed by atoms with Gasteiger partial charge in [-0.2, -0.15) is 0 Å². The Hall–Kier alpha value is -2.82. The van der Waals surface area contributed by atoms with Crippen LogP contribution in [0, 0.1) is 0 Å². The minimum atomic E-state index is -0.954. The van der Waals surface area contributed by atoms with Gasteiger partial charge in [0.15, 0.2) is 0 Å². The third-order valence-electron chi connectivity index (χ3n) is 3.88. The number of nitrogen functional groups attached to an aromatic ring is 1. The topological polar surface area (TPSA) is 83.6 Å². The highest BCUT2D eigenvalue weighted by molar-refractivity contribution is 5.97. The van der Waals surface area contributed by atoms with Crippen molar-refractivity contribution in [3.63, 3.8) is 0 Å². The van der Waals surface area contributed by atoms with Gasteiger partial charge in [-0.05, 0) is 41.8 Å². The first-order chi connectivity index (χ1) is 10.5. The molecule has 0 saturated carbocycles. The Bertz CT molecular complexity index is 738. The number of carbonyl (C=O) groups excluding carboxylic acids is 1. The van der Waals surface area contributed by atoms with Gasteiger partial charge in [-0.1, -0.05) is 18.2 Å². The molecule has 0 radical (unpaired) electrons. The normalized spacial score (nSPS) is 13.8. The lowest BCUT2D eigenvalue weighted by molar-refractivity contribution is 0.0693. The minimum absolute atomic E-state index is 0.0316. The van der Waals surface area contributed by atoms with Gasteiger partial charge in [0.05, 0.1) is 5.56 Å². The highest BCUT2D eigenvalue weighted by atomic mass is 16.4. The van der Waals surface area contributed by atoms with Crippen LogP contribution in [0.25, 0.3) is 0 Å². The number of nitrogens with zero attached hydrogens (tertiary/aromatic N) is 1. The van der Waals surface area contributed by atoms with Gasteiger partial charge in [-0.25, -0.2) is 4.79 Å². The molecule has 3 rings (SSSR count). The van der Waals surface area contributed by atoms with Gasteiger partial charge in [0, 0.05) is 24.3 Å². The zero-order valence-corrected chi connectivity index (χ0v) is 12.0. The van der Waals surface area contributed by atoms with E-state index >= 15 is 0 Å². The molecule has 112 valence electrons. The van der Waals surface area contributed by atoms with E-state index in [1.807, 2.05) is 12.1 Å². The first-order valence-electron chi connectivity index (χ1n) is 7.04. The number of hydrogen-bond donors (Lipinski definition) is 2. The van der Waals surface area contributed by atoms with Crippen LogP contribution in [0.1, 0.15) is 31.8 Å². The number of carboxylic acid groups (broad SMARTS) is 1. The molecule has 0 unspecified atom stereocenters. The van der Waals surface area contributed by atoms with E-state index in [1.165, 1.54) is 0 Å². The molecule has 1 amide bonds. The summed E-state index contributed by atoms with van der Waals surface area (Å²) in [5, 5.41) is 8.90. The average Bonchev–Trinajstić information content (AvgIpc) is 2.51. The minimum Gasteiger partial charge on any atom is -0.478 e. The van der Waals surface area contributed by atoms with Gasteiger partial charge in [0.25, 0.3) is 5.91 Å². The summed E-state index contributed by atoms with van der Waals surface area (Å²) in [4.78, 5) is 25.1. The van der Waals surface area contributed by atoms with Crippen molar-refractivity contribution in [2.45, 2.75) is 13.0 Å². The largest absolute Gasteiger partial charge is 0.478 e. The molecule has 0 aromatic heterocycles. The molecule has 2 aromatic carbocycles. The lowest BCUT2D eigenvalue weighted by Gasteiger charge is -2.29. The van der Waals surface area contributed by atoms with E-state index in [4.69, 9.17) is 10.8 Å². The molecule has 5 heteroatoms. The number of aromatic carboxylic acids is 1. The summed E-state index contributed by atoms with van der Waals surface area (Å²) in [6.07, 6.45) is 0.800. The van der Waals surface area contributed by atoms with Gasteiger partial charge in [-0.3, -0.25) is 4.79 Å². The second-order valence-corrected chi connectivity index (χ2v) is 5.40. The Morgan fingerprint density at radius 1 is 1.18 bits per heavy atom. The fraction of sp³-hybridized carbons (Fsp3) is 0.176. The quantitative estimate of drug-likeness (QED) is 0.850. The fourth-order valence-electron chi connectivity index (χ4n) is 2.66. The first kappa shape index (κ1) is 14.1. The molecular formula is C17H16N2O3. The Labute approximate surface area is 128 Å². The van der Waals surface area contributed by atoms with Crippen molar-refractivity contribution in [2.75, 3.05) is 12.3 Å². The zero-order chi connectivity index (χ0) is 15.7. The number of hydrogen-bond acceptors (Lipinski definition) is 3. The SMILES string of the molecule is Nc1ccc2c(c1)C(=O)N(Cc1ccc(C(=O)O)cc1)CC2. The highest BCUT2D eigenvalue weighted by Crippen LogP contribution is 2.22. The van der Waals surface area contributed by atoms with E-state index < -0.39 is 5.97 Å². The number of carboxylic acids is 1. The Balaban J connectivity index is 1.79. The highest BCUT2D eigenvalue weighted by Gasteiger charge is 2.24. The summed E-state index contributed by atoms with van der Waals surface area (Å²) in [5.74, 6) is -0.985. The monoisotopic (exact) mass is 296 g/mol. The van der Waals surface area contributed by atoms with Crippen molar-refractivity contribution in [2.24, 2.45) is 0 Å². The van der Waals surface area contributed by atoms with Gasteiger partial charge in [0.2, 0.25) is 0 Å². The zero-order valence-electron chi connectivity index (χ0n) is 12.0. The Kier molecular flexibility index (Phi) is 3.55. The van der Waals surface area contributed by atoms with Crippen LogP contribution in [0.15, 0.2) is 42.5 Å². The molecule has 1 aliphatic heterocycles. The summed E-state index contributed by atoms with van der Waals surface area (Å²) in [7, 11) is 0. The number of carbonyl (C=O) groups is 2. The summed E-state index contributed by atoms with van der Waals surface area (Å²) < 4.78 is 0. The number of anilines is 1. The summed E-state index contributed by atoms with van der Waals surface area (Å²) in [6.45, 7) is 1.11. The molecule has 1 heterocycles. The second kappa shape index (κ2) is 5.52.